The quantitative estimate of drug-likeness (QED) is 0.678. The number of nitrogens with two attached hydrogens (primary N) is 1. The molecule has 1 aromatic rings. The molecule has 0 aliphatic heterocycles. The van der Waals surface area contributed by atoms with Gasteiger partial charge >= 0.3 is 0 Å². The largest absolute Gasteiger partial charge is 0.327 e. The molecule has 0 amide bonds. The Hall–Kier alpha value is -0.540. The van der Waals surface area contributed by atoms with Gasteiger partial charge in [-0.05, 0) is 12.5 Å². The Kier molecular flexibility index (Phi) is 2.20. The van der Waals surface area contributed by atoms with Gasteiger partial charge in [0.05, 0.1) is 5.69 Å². The first-order valence-corrected chi connectivity index (χ1v) is 3.52. The topological polar surface area (TPSA) is 43.8 Å². The molecule has 3 nitrogen and oxygen atoms in total. The SMILES string of the molecule is Cl.Cn1ccc(C2CC2N)n1. The number of rotatable bonds is 1. The Labute approximate surface area is 72.0 Å². The fourth-order valence-corrected chi connectivity index (χ4v) is 1.19. The molecule has 1 heterocycles. The van der Waals surface area contributed by atoms with Crippen molar-refractivity contribution < 1.29 is 0 Å². The van der Waals surface area contributed by atoms with E-state index >= 15 is 0 Å². The molecule has 62 valence electrons. The second kappa shape index (κ2) is 2.83. The van der Waals surface area contributed by atoms with E-state index in [1.165, 1.54) is 0 Å². The first kappa shape index (κ1) is 8.56. The lowest BCUT2D eigenvalue weighted by Gasteiger charge is -1.88. The molecule has 1 saturated carbocycles. The van der Waals surface area contributed by atoms with E-state index in [9.17, 15) is 0 Å². The third-order valence-corrected chi connectivity index (χ3v) is 1.95. The van der Waals surface area contributed by atoms with Gasteiger partial charge in [0.25, 0.3) is 0 Å². The zero-order valence-electron chi connectivity index (χ0n) is 6.40. The van der Waals surface area contributed by atoms with Crippen molar-refractivity contribution in [2.75, 3.05) is 0 Å². The van der Waals surface area contributed by atoms with Crippen LogP contribution in [-0.4, -0.2) is 15.8 Å². The van der Waals surface area contributed by atoms with Crippen LogP contribution in [0.25, 0.3) is 0 Å². The minimum Gasteiger partial charge on any atom is -0.327 e. The van der Waals surface area contributed by atoms with E-state index in [4.69, 9.17) is 5.73 Å². The summed E-state index contributed by atoms with van der Waals surface area (Å²) < 4.78 is 1.82. The van der Waals surface area contributed by atoms with Gasteiger partial charge in [-0.15, -0.1) is 12.4 Å². The van der Waals surface area contributed by atoms with Gasteiger partial charge in [0, 0.05) is 25.2 Å². The Balaban J connectivity index is 0.000000605. The van der Waals surface area contributed by atoms with E-state index in [1.54, 1.807) is 0 Å². The Bertz CT molecular complexity index is 246. The molecular formula is C7H12ClN3. The first-order valence-electron chi connectivity index (χ1n) is 3.52. The number of halogens is 1. The van der Waals surface area contributed by atoms with Crippen LogP contribution in [0.15, 0.2) is 12.3 Å². The van der Waals surface area contributed by atoms with Crippen LogP contribution in [0.3, 0.4) is 0 Å². The molecule has 11 heavy (non-hydrogen) atoms. The van der Waals surface area contributed by atoms with Crippen LogP contribution in [0.1, 0.15) is 18.0 Å². The van der Waals surface area contributed by atoms with E-state index in [-0.39, 0.29) is 12.4 Å². The molecule has 2 unspecified atom stereocenters. The van der Waals surface area contributed by atoms with Crippen LogP contribution >= 0.6 is 12.4 Å². The zero-order chi connectivity index (χ0) is 7.14. The molecule has 4 heteroatoms. The summed E-state index contributed by atoms with van der Waals surface area (Å²) in [6.07, 6.45) is 3.07. The minimum atomic E-state index is 0. The van der Waals surface area contributed by atoms with Gasteiger partial charge < -0.3 is 5.73 Å². The van der Waals surface area contributed by atoms with Crippen molar-refractivity contribution in [2.24, 2.45) is 12.8 Å². The van der Waals surface area contributed by atoms with Crippen molar-refractivity contribution >= 4 is 12.4 Å². The molecular weight excluding hydrogens is 162 g/mol. The lowest BCUT2D eigenvalue weighted by molar-refractivity contribution is 0.740. The lowest BCUT2D eigenvalue weighted by atomic mass is 10.3. The summed E-state index contributed by atoms with van der Waals surface area (Å²) >= 11 is 0. The summed E-state index contributed by atoms with van der Waals surface area (Å²) in [7, 11) is 1.93. The van der Waals surface area contributed by atoms with E-state index in [2.05, 4.69) is 5.10 Å². The third kappa shape index (κ3) is 1.54. The number of aromatic nitrogens is 2. The minimum absolute atomic E-state index is 0. The maximum Gasteiger partial charge on any atom is 0.0671 e. The van der Waals surface area contributed by atoms with Crippen LogP contribution < -0.4 is 5.73 Å². The highest BCUT2D eigenvalue weighted by Crippen LogP contribution is 2.37. The molecule has 1 aliphatic rings. The molecule has 2 rings (SSSR count). The van der Waals surface area contributed by atoms with E-state index in [0.717, 1.165) is 12.1 Å². The zero-order valence-corrected chi connectivity index (χ0v) is 7.21. The van der Waals surface area contributed by atoms with Crippen molar-refractivity contribution in [1.82, 2.24) is 9.78 Å². The van der Waals surface area contributed by atoms with E-state index in [1.807, 2.05) is 24.0 Å². The van der Waals surface area contributed by atoms with Crippen LogP contribution in [0.4, 0.5) is 0 Å². The molecule has 0 saturated heterocycles. The third-order valence-electron chi connectivity index (χ3n) is 1.95. The number of hydrogen-bond donors (Lipinski definition) is 1. The summed E-state index contributed by atoms with van der Waals surface area (Å²) in [5, 5.41) is 4.26. The predicted molar refractivity (Wildman–Crippen MR) is 45.8 cm³/mol. The second-order valence-corrected chi connectivity index (χ2v) is 2.92. The molecule has 1 fully saturated rings. The summed E-state index contributed by atoms with van der Waals surface area (Å²) in [5.74, 6) is 0.543. The number of aryl methyl sites for hydroxylation is 1. The van der Waals surface area contributed by atoms with Crippen molar-refractivity contribution in [3.05, 3.63) is 18.0 Å². The van der Waals surface area contributed by atoms with Crippen LogP contribution in [0, 0.1) is 0 Å². The van der Waals surface area contributed by atoms with E-state index in [0.29, 0.717) is 12.0 Å². The molecule has 1 aromatic heterocycles. The number of hydrogen-bond acceptors (Lipinski definition) is 2. The average molecular weight is 174 g/mol. The van der Waals surface area contributed by atoms with Gasteiger partial charge in [0.2, 0.25) is 0 Å². The summed E-state index contributed by atoms with van der Waals surface area (Å²) in [6.45, 7) is 0. The van der Waals surface area contributed by atoms with Gasteiger partial charge in [-0.1, -0.05) is 0 Å². The second-order valence-electron chi connectivity index (χ2n) is 2.92. The smallest absolute Gasteiger partial charge is 0.0671 e. The maximum absolute atomic E-state index is 5.66. The van der Waals surface area contributed by atoms with Gasteiger partial charge in [0.1, 0.15) is 0 Å². The molecule has 1 aliphatic carbocycles. The van der Waals surface area contributed by atoms with Gasteiger partial charge in [-0.2, -0.15) is 5.10 Å². The normalized spacial score (nSPS) is 27.8. The fourth-order valence-electron chi connectivity index (χ4n) is 1.19. The molecule has 2 atom stereocenters. The first-order chi connectivity index (χ1) is 4.77. The monoisotopic (exact) mass is 173 g/mol. The summed E-state index contributed by atoms with van der Waals surface area (Å²) in [4.78, 5) is 0. The molecule has 0 radical (unpaired) electrons. The lowest BCUT2D eigenvalue weighted by Crippen LogP contribution is -2.01. The van der Waals surface area contributed by atoms with Gasteiger partial charge in [-0.3, -0.25) is 4.68 Å². The molecule has 0 spiro atoms. The van der Waals surface area contributed by atoms with Gasteiger partial charge in [0.15, 0.2) is 0 Å². The molecule has 2 N–H and O–H groups in total. The highest BCUT2D eigenvalue weighted by atomic mass is 35.5. The standard InChI is InChI=1S/C7H11N3.ClH/c1-10-3-2-7(9-10)5-4-6(5)8;/h2-3,5-6H,4,8H2,1H3;1H. The Morgan fingerprint density at radius 2 is 2.36 bits per heavy atom. The highest BCUT2D eigenvalue weighted by molar-refractivity contribution is 5.85. The molecule has 0 aromatic carbocycles. The predicted octanol–water partition coefficient (Wildman–Crippen LogP) is 0.656. The van der Waals surface area contributed by atoms with Crippen LogP contribution in [0.5, 0.6) is 0 Å². The Morgan fingerprint density at radius 3 is 2.73 bits per heavy atom. The Morgan fingerprint density at radius 1 is 1.73 bits per heavy atom. The summed E-state index contributed by atoms with van der Waals surface area (Å²) in [6, 6.07) is 2.41. The van der Waals surface area contributed by atoms with E-state index < -0.39 is 0 Å². The number of nitrogens with zero attached hydrogens (tertiary/aromatic N) is 2. The van der Waals surface area contributed by atoms with Crippen LogP contribution in [0.2, 0.25) is 0 Å². The fraction of sp³-hybridized carbons (Fsp3) is 0.571. The maximum atomic E-state index is 5.66. The van der Waals surface area contributed by atoms with Crippen LogP contribution in [-0.2, 0) is 7.05 Å². The molecule has 0 bridgehead atoms. The van der Waals surface area contributed by atoms with Crippen molar-refractivity contribution in [3.63, 3.8) is 0 Å². The van der Waals surface area contributed by atoms with Gasteiger partial charge in [-0.25, -0.2) is 0 Å². The van der Waals surface area contributed by atoms with Crippen molar-refractivity contribution in [3.8, 4) is 0 Å². The average Bonchev–Trinajstić information content (AvgIpc) is 2.42. The van der Waals surface area contributed by atoms with Crippen molar-refractivity contribution in [2.45, 2.75) is 18.4 Å². The highest BCUT2D eigenvalue weighted by Gasteiger charge is 2.36. The van der Waals surface area contributed by atoms with Crippen molar-refractivity contribution in [1.29, 1.82) is 0 Å². The summed E-state index contributed by atoms with van der Waals surface area (Å²) in [5.41, 5.74) is 6.81.